The number of hydrogen-bond acceptors (Lipinski definition) is 3. The lowest BCUT2D eigenvalue weighted by Crippen LogP contribution is -2.37. The van der Waals surface area contributed by atoms with Crippen molar-refractivity contribution in [3.63, 3.8) is 0 Å². The highest BCUT2D eigenvalue weighted by molar-refractivity contribution is 5.81. The van der Waals surface area contributed by atoms with Gasteiger partial charge >= 0.3 is 0 Å². The summed E-state index contributed by atoms with van der Waals surface area (Å²) in [6, 6.07) is 5.70. The summed E-state index contributed by atoms with van der Waals surface area (Å²) in [5.41, 5.74) is 0.618. The molecule has 0 aliphatic carbocycles. The molecule has 0 aromatic heterocycles. The largest absolute Gasteiger partial charge is 0.493 e. The quantitative estimate of drug-likeness (QED) is 0.899. The predicted octanol–water partition coefficient (Wildman–Crippen LogP) is 3.32. The van der Waals surface area contributed by atoms with Crippen LogP contribution in [0.2, 0.25) is 0 Å². The van der Waals surface area contributed by atoms with Crippen molar-refractivity contribution >= 4 is 5.91 Å². The molecular weight excluding hydrogens is 254 g/mol. The minimum atomic E-state index is -0.399. The molecule has 1 atom stereocenters. The van der Waals surface area contributed by atoms with Crippen LogP contribution in [-0.2, 0) is 4.79 Å². The summed E-state index contributed by atoms with van der Waals surface area (Å²) in [5, 5.41) is 3.08. The molecule has 0 fully saturated rings. The topological polar surface area (TPSA) is 47.6 Å². The summed E-state index contributed by atoms with van der Waals surface area (Å²) in [6.45, 7) is 7.77. The van der Waals surface area contributed by atoms with Gasteiger partial charge in [0.25, 0.3) is 0 Å². The highest BCUT2D eigenvalue weighted by Crippen LogP contribution is 2.31. The Labute approximate surface area is 121 Å². The minimum absolute atomic E-state index is 0.0264. The second-order valence-corrected chi connectivity index (χ2v) is 5.80. The summed E-state index contributed by atoms with van der Waals surface area (Å²) in [4.78, 5) is 12.1. The molecule has 0 aliphatic heterocycles. The van der Waals surface area contributed by atoms with Crippen molar-refractivity contribution in [3.8, 4) is 11.5 Å². The van der Waals surface area contributed by atoms with Crippen LogP contribution in [0.4, 0.5) is 0 Å². The van der Waals surface area contributed by atoms with Crippen LogP contribution in [0.5, 0.6) is 11.5 Å². The lowest BCUT2D eigenvalue weighted by atomic mass is 9.94. The van der Waals surface area contributed by atoms with E-state index in [1.165, 1.54) is 0 Å². The van der Waals surface area contributed by atoms with E-state index in [1.54, 1.807) is 14.2 Å². The summed E-state index contributed by atoms with van der Waals surface area (Å²) < 4.78 is 10.5. The molecular formula is C16H25NO3. The lowest BCUT2D eigenvalue weighted by Gasteiger charge is -2.24. The van der Waals surface area contributed by atoms with Gasteiger partial charge in [0.05, 0.1) is 20.3 Å². The normalized spacial score (nSPS) is 12.7. The molecule has 1 aromatic rings. The number of hydrogen-bond donors (Lipinski definition) is 1. The average molecular weight is 279 g/mol. The smallest absolute Gasteiger partial charge is 0.225 e. The number of benzene rings is 1. The zero-order valence-corrected chi connectivity index (χ0v) is 13.2. The zero-order chi connectivity index (χ0) is 15.3. The maximum Gasteiger partial charge on any atom is 0.225 e. The molecule has 0 radical (unpaired) electrons. The first kappa shape index (κ1) is 16.3. The van der Waals surface area contributed by atoms with Crippen molar-refractivity contribution in [2.24, 2.45) is 5.41 Å². The molecule has 4 nitrogen and oxygen atoms in total. The van der Waals surface area contributed by atoms with Gasteiger partial charge in [0.15, 0.2) is 11.5 Å². The Morgan fingerprint density at radius 2 is 1.80 bits per heavy atom. The van der Waals surface area contributed by atoms with Gasteiger partial charge in [0, 0.05) is 5.41 Å². The Balaban J connectivity index is 2.98. The molecule has 0 bridgehead atoms. The first-order valence-corrected chi connectivity index (χ1v) is 6.86. The van der Waals surface area contributed by atoms with Crippen LogP contribution in [0, 0.1) is 5.41 Å². The molecule has 4 heteroatoms. The summed E-state index contributed by atoms with van der Waals surface area (Å²) in [7, 11) is 3.21. The number of carbonyl (C=O) groups is 1. The van der Waals surface area contributed by atoms with Crippen LogP contribution in [-0.4, -0.2) is 20.1 Å². The summed E-state index contributed by atoms with van der Waals surface area (Å²) in [5.74, 6) is 1.40. The molecule has 0 spiro atoms. The molecule has 112 valence electrons. The Morgan fingerprint density at radius 1 is 1.20 bits per heavy atom. The maximum atomic E-state index is 12.1. The third-order valence-corrected chi connectivity index (χ3v) is 3.20. The van der Waals surface area contributed by atoms with Crippen molar-refractivity contribution in [1.29, 1.82) is 0 Å². The van der Waals surface area contributed by atoms with E-state index in [1.807, 2.05) is 45.9 Å². The second-order valence-electron chi connectivity index (χ2n) is 5.80. The fourth-order valence-electron chi connectivity index (χ4n) is 1.87. The standard InChI is InChI=1S/C16H25NO3/c1-7-12(17-15(18)16(2,3)4)11-8-9-13(19-5)14(10-11)20-6/h8-10,12H,7H2,1-6H3,(H,17,18)/t12-/m1/s1. The van der Waals surface area contributed by atoms with E-state index in [2.05, 4.69) is 5.32 Å². The van der Waals surface area contributed by atoms with E-state index in [-0.39, 0.29) is 11.9 Å². The Kier molecular flexibility index (Phi) is 5.43. The van der Waals surface area contributed by atoms with Crippen LogP contribution >= 0.6 is 0 Å². The predicted molar refractivity (Wildman–Crippen MR) is 80.2 cm³/mol. The molecule has 1 amide bonds. The third kappa shape index (κ3) is 3.89. The van der Waals surface area contributed by atoms with Crippen LogP contribution in [0.3, 0.4) is 0 Å². The van der Waals surface area contributed by atoms with Crippen LogP contribution in [0.1, 0.15) is 45.7 Å². The minimum Gasteiger partial charge on any atom is -0.493 e. The van der Waals surface area contributed by atoms with Gasteiger partial charge in [-0.25, -0.2) is 0 Å². The van der Waals surface area contributed by atoms with E-state index >= 15 is 0 Å². The van der Waals surface area contributed by atoms with Gasteiger partial charge in [-0.3, -0.25) is 4.79 Å². The number of methoxy groups -OCH3 is 2. The lowest BCUT2D eigenvalue weighted by molar-refractivity contribution is -0.129. The van der Waals surface area contributed by atoms with Gasteiger partial charge in [0.1, 0.15) is 0 Å². The monoisotopic (exact) mass is 279 g/mol. The first-order valence-electron chi connectivity index (χ1n) is 6.86. The van der Waals surface area contributed by atoms with Gasteiger partial charge < -0.3 is 14.8 Å². The summed E-state index contributed by atoms with van der Waals surface area (Å²) in [6.07, 6.45) is 0.817. The molecule has 1 N–H and O–H groups in total. The highest BCUT2D eigenvalue weighted by atomic mass is 16.5. The molecule has 1 aromatic carbocycles. The van der Waals surface area contributed by atoms with Crippen LogP contribution in [0.15, 0.2) is 18.2 Å². The van der Waals surface area contributed by atoms with Crippen molar-refractivity contribution in [2.75, 3.05) is 14.2 Å². The summed E-state index contributed by atoms with van der Waals surface area (Å²) >= 11 is 0. The van der Waals surface area contributed by atoms with E-state index in [0.29, 0.717) is 11.5 Å². The molecule has 1 rings (SSSR count). The van der Waals surface area contributed by atoms with Crippen molar-refractivity contribution < 1.29 is 14.3 Å². The number of carbonyl (C=O) groups excluding carboxylic acids is 1. The van der Waals surface area contributed by atoms with E-state index in [9.17, 15) is 4.79 Å². The second kappa shape index (κ2) is 6.64. The van der Waals surface area contributed by atoms with Gasteiger partial charge in [-0.2, -0.15) is 0 Å². The zero-order valence-electron chi connectivity index (χ0n) is 13.2. The van der Waals surface area contributed by atoms with Crippen LogP contribution in [0.25, 0.3) is 0 Å². The molecule has 0 aliphatic rings. The van der Waals surface area contributed by atoms with Gasteiger partial charge in [-0.05, 0) is 24.1 Å². The molecule has 0 heterocycles. The Bertz CT molecular complexity index is 463. The SMILES string of the molecule is CC[C@@H](NC(=O)C(C)(C)C)c1ccc(OC)c(OC)c1. The van der Waals surface area contributed by atoms with E-state index in [0.717, 1.165) is 12.0 Å². The van der Waals surface area contributed by atoms with Gasteiger partial charge in [-0.15, -0.1) is 0 Å². The average Bonchev–Trinajstić information content (AvgIpc) is 2.42. The van der Waals surface area contributed by atoms with Gasteiger partial charge in [-0.1, -0.05) is 33.8 Å². The number of ether oxygens (including phenoxy) is 2. The van der Waals surface area contributed by atoms with Crippen molar-refractivity contribution in [2.45, 2.75) is 40.2 Å². The molecule has 0 saturated carbocycles. The van der Waals surface area contributed by atoms with Crippen molar-refractivity contribution in [3.05, 3.63) is 23.8 Å². The number of rotatable bonds is 5. The first-order chi connectivity index (χ1) is 9.33. The van der Waals surface area contributed by atoms with Gasteiger partial charge in [0.2, 0.25) is 5.91 Å². The fraction of sp³-hybridized carbons (Fsp3) is 0.562. The molecule has 20 heavy (non-hydrogen) atoms. The molecule has 0 unspecified atom stereocenters. The highest BCUT2D eigenvalue weighted by Gasteiger charge is 2.24. The van der Waals surface area contributed by atoms with Crippen LogP contribution < -0.4 is 14.8 Å². The third-order valence-electron chi connectivity index (χ3n) is 3.20. The van der Waals surface area contributed by atoms with Crippen molar-refractivity contribution in [1.82, 2.24) is 5.32 Å². The number of nitrogens with one attached hydrogen (secondary N) is 1. The Hall–Kier alpha value is -1.71. The Morgan fingerprint density at radius 3 is 2.25 bits per heavy atom. The number of amides is 1. The maximum absolute atomic E-state index is 12.1. The fourth-order valence-corrected chi connectivity index (χ4v) is 1.87. The van der Waals surface area contributed by atoms with E-state index in [4.69, 9.17) is 9.47 Å². The van der Waals surface area contributed by atoms with E-state index < -0.39 is 5.41 Å². The molecule has 0 saturated heterocycles.